The highest BCUT2D eigenvalue weighted by molar-refractivity contribution is 7.09. The van der Waals surface area contributed by atoms with Gasteiger partial charge in [0.15, 0.2) is 17.3 Å². The van der Waals surface area contributed by atoms with Crippen molar-refractivity contribution in [2.75, 3.05) is 13.1 Å². The molecule has 6 rings (SSSR count). The predicted molar refractivity (Wildman–Crippen MR) is 185 cm³/mol. The van der Waals surface area contributed by atoms with Gasteiger partial charge in [-0.05, 0) is 77.1 Å². The van der Waals surface area contributed by atoms with Crippen LogP contribution in [-0.4, -0.2) is 55.3 Å². The van der Waals surface area contributed by atoms with Crippen molar-refractivity contribution in [3.8, 4) is 12.8 Å². The molecule has 2 atom stereocenters. The van der Waals surface area contributed by atoms with Gasteiger partial charge >= 0.3 is 17.9 Å². The SMILES string of the molecule is C#C.CC.CC(C)(C)OC(=O)N[C@H]1CCC[C@@H](OC(=O)N2CCC(n3c(=O)[nH]c4ncccc43)CC2)c2ncsc21.Fc1ccccc1F. The summed E-state index contributed by atoms with van der Waals surface area (Å²) in [6, 6.07) is 8.48. The van der Waals surface area contributed by atoms with Crippen molar-refractivity contribution in [1.82, 2.24) is 29.7 Å². The lowest BCUT2D eigenvalue weighted by Crippen LogP contribution is -2.41. The van der Waals surface area contributed by atoms with Gasteiger partial charge in [-0.25, -0.2) is 33.1 Å². The Bertz CT molecular complexity index is 1720. The largest absolute Gasteiger partial charge is 0.444 e. The van der Waals surface area contributed by atoms with Crippen LogP contribution in [0.4, 0.5) is 18.4 Å². The van der Waals surface area contributed by atoms with E-state index in [0.29, 0.717) is 50.1 Å². The van der Waals surface area contributed by atoms with Crippen LogP contribution >= 0.6 is 11.3 Å². The van der Waals surface area contributed by atoms with Crippen LogP contribution < -0.4 is 11.0 Å². The van der Waals surface area contributed by atoms with E-state index in [2.05, 4.69) is 33.1 Å². The second-order valence-electron chi connectivity index (χ2n) is 11.9. The summed E-state index contributed by atoms with van der Waals surface area (Å²) >= 11 is 1.45. The number of halogens is 2. The summed E-state index contributed by atoms with van der Waals surface area (Å²) in [5, 5.41) is 2.95. The molecule has 2 N–H and O–H groups in total. The van der Waals surface area contributed by atoms with Crippen LogP contribution in [0.1, 0.15) is 95.5 Å². The second-order valence-corrected chi connectivity index (χ2v) is 12.8. The number of carbonyl (C=O) groups is 2. The van der Waals surface area contributed by atoms with Crippen LogP contribution in [0.5, 0.6) is 0 Å². The molecule has 0 saturated carbocycles. The van der Waals surface area contributed by atoms with Crippen LogP contribution in [0.2, 0.25) is 0 Å². The number of amides is 2. The molecular weight excluding hydrogens is 654 g/mol. The summed E-state index contributed by atoms with van der Waals surface area (Å²) in [7, 11) is 0. The molecule has 14 heteroatoms. The molecule has 0 bridgehead atoms. The molecule has 264 valence electrons. The lowest BCUT2D eigenvalue weighted by atomic mass is 10.1. The number of carbonyl (C=O) groups excluding carboxylic acids is 2. The van der Waals surface area contributed by atoms with Crippen LogP contribution in [-0.2, 0) is 9.47 Å². The monoisotopic (exact) mass is 698 g/mol. The Morgan fingerprint density at radius 3 is 2.27 bits per heavy atom. The van der Waals surface area contributed by atoms with E-state index >= 15 is 0 Å². The number of rotatable bonds is 3. The molecule has 3 aromatic heterocycles. The molecule has 1 aliphatic carbocycles. The zero-order valence-corrected chi connectivity index (χ0v) is 29.3. The average Bonchev–Trinajstić information content (AvgIpc) is 3.67. The Labute approximate surface area is 289 Å². The molecule has 1 aromatic carbocycles. The number of thiazole rings is 1. The Hall–Kier alpha value is -4.77. The first-order valence-corrected chi connectivity index (χ1v) is 17.0. The minimum Gasteiger partial charge on any atom is -0.444 e. The van der Waals surface area contributed by atoms with Gasteiger partial charge in [-0.3, -0.25) is 9.55 Å². The molecule has 1 aliphatic heterocycles. The summed E-state index contributed by atoms with van der Waals surface area (Å²) in [5.41, 5.74) is 3.00. The number of likely N-dealkylation sites (tertiary alicyclic amines) is 1. The Morgan fingerprint density at radius 1 is 1.00 bits per heavy atom. The van der Waals surface area contributed by atoms with E-state index in [4.69, 9.17) is 9.47 Å². The minimum absolute atomic E-state index is 0.0165. The normalized spacial score (nSPS) is 17.4. The van der Waals surface area contributed by atoms with Crippen molar-refractivity contribution < 1.29 is 27.8 Å². The number of terminal acetylenes is 1. The van der Waals surface area contributed by atoms with E-state index in [1.807, 2.05) is 46.8 Å². The summed E-state index contributed by atoms with van der Waals surface area (Å²) in [6.45, 7) is 10.5. The molecule has 0 spiro atoms. The highest BCUT2D eigenvalue weighted by atomic mass is 32.1. The number of aromatic nitrogens is 4. The fourth-order valence-electron chi connectivity index (χ4n) is 5.51. The number of nitrogens with zero attached hydrogens (tertiary/aromatic N) is 4. The van der Waals surface area contributed by atoms with Gasteiger partial charge in [0.1, 0.15) is 11.7 Å². The maximum atomic E-state index is 13.1. The number of aromatic amines is 1. The smallest absolute Gasteiger partial charge is 0.410 e. The topological polar surface area (TPSA) is 131 Å². The highest BCUT2D eigenvalue weighted by Crippen LogP contribution is 2.38. The van der Waals surface area contributed by atoms with Crippen molar-refractivity contribution in [2.24, 2.45) is 0 Å². The first-order chi connectivity index (χ1) is 23.5. The zero-order valence-electron chi connectivity index (χ0n) is 28.4. The van der Waals surface area contributed by atoms with Gasteiger partial charge in [0.25, 0.3) is 0 Å². The van der Waals surface area contributed by atoms with Gasteiger partial charge in [0.05, 0.1) is 27.6 Å². The minimum atomic E-state index is -0.799. The van der Waals surface area contributed by atoms with Crippen LogP contribution in [0.3, 0.4) is 0 Å². The molecule has 11 nitrogen and oxygen atoms in total. The van der Waals surface area contributed by atoms with Crippen molar-refractivity contribution in [3.63, 3.8) is 0 Å². The number of H-pyrrole nitrogens is 1. The molecule has 2 aliphatic rings. The van der Waals surface area contributed by atoms with Gasteiger partial charge in [-0.2, -0.15) is 0 Å². The number of alkyl carbamates (subject to hydrolysis) is 1. The Morgan fingerprint density at radius 2 is 1.65 bits per heavy atom. The lowest BCUT2D eigenvalue weighted by Gasteiger charge is -2.32. The van der Waals surface area contributed by atoms with Crippen molar-refractivity contribution in [1.29, 1.82) is 0 Å². The zero-order chi connectivity index (χ0) is 36.1. The quantitative estimate of drug-likeness (QED) is 0.166. The van der Waals surface area contributed by atoms with E-state index < -0.39 is 29.4 Å². The molecule has 49 heavy (non-hydrogen) atoms. The third-order valence-electron chi connectivity index (χ3n) is 7.54. The standard InChI is InChI=1S/C25H32N6O5S.C6H4F2.C2H6.C2H2/c1-25(2,3)36-23(33)28-16-6-4-8-18(19-20(16)37-14-27-19)35-24(34)30-12-9-15(10-13-30)31-17-7-5-11-26-21(17)29-22(31)32;7-5-3-1-2-4-6(5)8;2*1-2/h5,7,11,14-16,18H,4,6,8-10,12-13H2,1-3H3,(H,28,33)(H,26,29,32);1-4H;1-2H3;1-2H/t16-,18+;;;/m0.../s1. The van der Waals surface area contributed by atoms with E-state index in [1.54, 1.807) is 21.2 Å². The summed E-state index contributed by atoms with van der Waals surface area (Å²) in [6.07, 6.45) is 11.7. The third kappa shape index (κ3) is 10.4. The maximum absolute atomic E-state index is 13.1. The van der Waals surface area contributed by atoms with Crippen molar-refractivity contribution >= 4 is 34.7 Å². The first kappa shape index (κ1) is 38.7. The molecule has 0 radical (unpaired) electrons. The number of nitrogens with one attached hydrogen (secondary N) is 2. The number of ether oxygens (including phenoxy) is 2. The average molecular weight is 699 g/mol. The molecule has 0 unspecified atom stereocenters. The van der Waals surface area contributed by atoms with Gasteiger partial charge in [0.2, 0.25) is 0 Å². The first-order valence-electron chi connectivity index (χ1n) is 16.2. The summed E-state index contributed by atoms with van der Waals surface area (Å²) in [4.78, 5) is 52.1. The van der Waals surface area contributed by atoms with E-state index in [-0.39, 0.29) is 23.9 Å². The number of imidazole rings is 1. The van der Waals surface area contributed by atoms with Crippen LogP contribution in [0.15, 0.2) is 52.9 Å². The maximum Gasteiger partial charge on any atom is 0.410 e. The fraction of sp³-hybridized carbons (Fsp3) is 0.457. The number of benzene rings is 1. The molecule has 2 amide bonds. The van der Waals surface area contributed by atoms with Gasteiger partial charge in [0, 0.05) is 25.3 Å². The van der Waals surface area contributed by atoms with Crippen molar-refractivity contribution in [2.45, 2.75) is 90.5 Å². The van der Waals surface area contributed by atoms with E-state index in [1.165, 1.54) is 23.5 Å². The molecule has 1 saturated heterocycles. The number of fused-ring (bicyclic) bond motifs is 2. The lowest BCUT2D eigenvalue weighted by molar-refractivity contribution is 0.0478. The summed E-state index contributed by atoms with van der Waals surface area (Å²) < 4.78 is 37.0. The Balaban J connectivity index is 0.000000466. The number of hydrogen-bond acceptors (Lipinski definition) is 8. The van der Waals surface area contributed by atoms with E-state index in [0.717, 1.165) is 28.9 Å². The number of pyridine rings is 1. The highest BCUT2D eigenvalue weighted by Gasteiger charge is 2.34. The Kier molecular flexibility index (Phi) is 14.3. The van der Waals surface area contributed by atoms with Gasteiger partial charge < -0.3 is 19.7 Å². The van der Waals surface area contributed by atoms with Crippen molar-refractivity contribution in [3.05, 3.63) is 80.8 Å². The second kappa shape index (κ2) is 18.1. The summed E-state index contributed by atoms with van der Waals surface area (Å²) in [5.74, 6) is -1.60. The molecule has 1 fully saturated rings. The number of hydrogen-bond donors (Lipinski definition) is 2. The van der Waals surface area contributed by atoms with Crippen LogP contribution in [0, 0.1) is 24.5 Å². The molecular formula is C35H44F2N6O5S. The molecule has 4 heterocycles. The van der Waals surface area contributed by atoms with Crippen LogP contribution in [0.25, 0.3) is 11.2 Å². The van der Waals surface area contributed by atoms with Gasteiger partial charge in [-0.1, -0.05) is 26.0 Å². The predicted octanol–water partition coefficient (Wildman–Crippen LogP) is 7.69. The third-order valence-corrected chi connectivity index (χ3v) is 8.50. The molecule has 4 aromatic rings. The number of piperidine rings is 1. The van der Waals surface area contributed by atoms with E-state index in [9.17, 15) is 23.2 Å². The van der Waals surface area contributed by atoms with Gasteiger partial charge in [-0.15, -0.1) is 24.2 Å². The fourth-order valence-corrected chi connectivity index (χ4v) is 6.43.